The van der Waals surface area contributed by atoms with E-state index in [0.29, 0.717) is 17.5 Å². The van der Waals surface area contributed by atoms with Crippen LogP contribution in [0.3, 0.4) is 0 Å². The topological polar surface area (TPSA) is 146 Å². The highest BCUT2D eigenvalue weighted by Gasteiger charge is 2.31. The maximum atomic E-state index is 15.0. The van der Waals surface area contributed by atoms with Crippen LogP contribution in [-0.4, -0.2) is 44.9 Å². The lowest BCUT2D eigenvalue weighted by Gasteiger charge is -2.20. The van der Waals surface area contributed by atoms with Crippen molar-refractivity contribution in [3.63, 3.8) is 0 Å². The van der Waals surface area contributed by atoms with E-state index < -0.39 is 7.14 Å². The van der Waals surface area contributed by atoms with Crippen LogP contribution in [0.5, 0.6) is 0 Å². The number of furan rings is 1. The molecule has 0 amide bonds. The van der Waals surface area contributed by atoms with Crippen molar-refractivity contribution in [3.8, 4) is 124 Å². The minimum atomic E-state index is -3.07. The van der Waals surface area contributed by atoms with Crippen LogP contribution in [0, 0.1) is 0 Å². The van der Waals surface area contributed by atoms with Gasteiger partial charge in [0.2, 0.25) is 0 Å². The Morgan fingerprint density at radius 1 is 0.210 bits per heavy atom. The minimum Gasteiger partial charge on any atom is -0.455 e. The smallest absolute Gasteiger partial charge is 0.171 e. The first-order valence-corrected chi connectivity index (χ1v) is 50.9. The zero-order valence-electron chi connectivity index (χ0n) is 76.8. The van der Waals surface area contributed by atoms with Crippen LogP contribution in [0.15, 0.2) is 490 Å². The van der Waals surface area contributed by atoms with Gasteiger partial charge in [0, 0.05) is 118 Å². The Kier molecular flexibility index (Phi) is 21.7. The summed E-state index contributed by atoms with van der Waals surface area (Å²) >= 11 is 3.71. The standard InChI is InChI=1S/C46H28N4S.C43H28NOPS.C40H24N4O/c1-2-10-35-32(9-1)23-24-39-43(35)46-44(36-11-3-4-14-42(36)51-46)45(50-39)33-21-19-30(20-22-33)29-15-17-31(18-16-29)34-27-40(37-12-5-7-25-47-37)49-41(28-34)38-13-6-8-26-48-38;45-46(33-14-3-1-4-15-33,34-16-5-2-6-17-34)35-18-11-13-32(28-35)29-22-24-31(25-23-29)42-41-37-20-9-10-21-39(37)47-43(41)40-36-19-8-7-12-30(36)26-27-38(40)44-42;1-3-12-27(13-4-1)38-42-39(28-14-5-2-6-15-28)44-40(43-38)29-21-19-26(20-22-29)36-35-31-17-9-10-18-33(31)45-37(35)34-30-16-8-7-11-25(30)23-24-32(34)41-36/h1-28H;1-28H;1-24H. The second-order valence-electron chi connectivity index (χ2n) is 35.6. The van der Waals surface area contributed by atoms with E-state index >= 15 is 4.57 Å². The van der Waals surface area contributed by atoms with Gasteiger partial charge in [0.15, 0.2) is 24.6 Å². The molecule has 0 fully saturated rings. The monoisotopic (exact) mass is 1880 g/mol. The zero-order valence-corrected chi connectivity index (χ0v) is 79.3. The molecule has 0 saturated heterocycles. The molecule has 10 aromatic heterocycles. The van der Waals surface area contributed by atoms with Crippen molar-refractivity contribution >= 4 is 173 Å². The molecule has 0 unspecified atom stereocenters. The van der Waals surface area contributed by atoms with E-state index in [4.69, 9.17) is 39.3 Å². The molecular weight excluding hydrogens is 1800 g/mol. The largest absolute Gasteiger partial charge is 0.455 e. The molecule has 0 aliphatic rings. The van der Waals surface area contributed by atoms with E-state index in [1.54, 1.807) is 12.4 Å². The van der Waals surface area contributed by atoms with E-state index in [9.17, 15) is 0 Å². The van der Waals surface area contributed by atoms with Crippen LogP contribution >= 0.6 is 29.8 Å². The first kappa shape index (κ1) is 85.3. The molecule has 0 radical (unpaired) electrons. The van der Waals surface area contributed by atoms with Gasteiger partial charge in [-0.2, -0.15) is 0 Å². The summed E-state index contributed by atoms with van der Waals surface area (Å²) in [4.78, 5) is 44.6. The number of hydrogen-bond acceptors (Lipinski definition) is 13. The van der Waals surface area contributed by atoms with Crippen molar-refractivity contribution in [2.75, 3.05) is 0 Å². The number of rotatable bonds is 14. The fourth-order valence-electron chi connectivity index (χ4n) is 20.1. The third kappa shape index (κ3) is 15.7. The lowest BCUT2D eigenvalue weighted by molar-refractivity contribution is 0.592. The maximum Gasteiger partial charge on any atom is 0.171 e. The van der Waals surface area contributed by atoms with Crippen molar-refractivity contribution < 1.29 is 8.98 Å². The predicted molar refractivity (Wildman–Crippen MR) is 597 cm³/mol. The number of hydrogen-bond donors (Lipinski definition) is 0. The van der Waals surface area contributed by atoms with Gasteiger partial charge in [-0.05, 0) is 145 Å². The van der Waals surface area contributed by atoms with Gasteiger partial charge in [-0.3, -0.25) is 9.97 Å². The Morgan fingerprint density at radius 3 is 0.993 bits per heavy atom. The third-order valence-corrected chi connectivity index (χ3v) is 32.5. The lowest BCUT2D eigenvalue weighted by atomic mass is 9.96. The van der Waals surface area contributed by atoms with Crippen molar-refractivity contribution in [3.05, 3.63) is 486 Å². The molecule has 14 heteroatoms. The molecule has 670 valence electrons. The number of aromatic nitrogens is 9. The second kappa shape index (κ2) is 36.4. The summed E-state index contributed by atoms with van der Waals surface area (Å²) in [5, 5.41) is 20.2. The average Bonchev–Trinajstić information content (AvgIpc) is 1.61. The number of pyridine rings is 6. The van der Waals surface area contributed by atoms with Crippen molar-refractivity contribution in [1.82, 2.24) is 44.9 Å². The van der Waals surface area contributed by atoms with Crippen LogP contribution in [0.4, 0.5) is 0 Å². The third-order valence-electron chi connectivity index (χ3n) is 27.0. The summed E-state index contributed by atoms with van der Waals surface area (Å²) in [6.07, 6.45) is 3.60. The first-order chi connectivity index (χ1) is 70.7. The zero-order chi connectivity index (χ0) is 94.8. The van der Waals surface area contributed by atoms with Gasteiger partial charge in [0.25, 0.3) is 0 Å². The van der Waals surface area contributed by atoms with Gasteiger partial charge in [-0.25, -0.2) is 34.9 Å². The van der Waals surface area contributed by atoms with Gasteiger partial charge >= 0.3 is 0 Å². The van der Waals surface area contributed by atoms with Gasteiger partial charge < -0.3 is 8.98 Å². The van der Waals surface area contributed by atoms with E-state index in [2.05, 4.69) is 295 Å². The molecule has 0 atom stereocenters. The van der Waals surface area contributed by atoms with Crippen molar-refractivity contribution in [1.29, 1.82) is 0 Å². The van der Waals surface area contributed by atoms with E-state index in [-0.39, 0.29) is 0 Å². The molecule has 10 heterocycles. The highest BCUT2D eigenvalue weighted by atomic mass is 32.1. The number of fused-ring (bicyclic) bond motifs is 21. The second-order valence-corrected chi connectivity index (χ2v) is 40.4. The van der Waals surface area contributed by atoms with Crippen molar-refractivity contribution in [2.45, 2.75) is 0 Å². The highest BCUT2D eigenvalue weighted by molar-refractivity contribution is 7.85. The Labute approximate surface area is 830 Å². The predicted octanol–water partition coefficient (Wildman–Crippen LogP) is 33.1. The quantitative estimate of drug-likeness (QED) is 0.0757. The van der Waals surface area contributed by atoms with Gasteiger partial charge in [-0.1, -0.05) is 394 Å². The number of benzene rings is 18. The molecule has 18 aromatic carbocycles. The van der Waals surface area contributed by atoms with Gasteiger partial charge in [0.05, 0.1) is 67.2 Å². The minimum absolute atomic E-state index is 0.617. The molecule has 0 spiro atoms. The van der Waals surface area contributed by atoms with Gasteiger partial charge in [-0.15, -0.1) is 22.7 Å². The molecule has 0 aliphatic carbocycles. The van der Waals surface area contributed by atoms with Gasteiger partial charge in [0.1, 0.15) is 11.2 Å². The van der Waals surface area contributed by atoms with E-state index in [0.717, 1.165) is 177 Å². The maximum absolute atomic E-state index is 15.0. The van der Waals surface area contributed by atoms with E-state index in [1.165, 1.54) is 72.7 Å². The number of para-hydroxylation sites is 1. The summed E-state index contributed by atoms with van der Waals surface area (Å²) in [7, 11) is -3.07. The molecule has 0 saturated carbocycles. The van der Waals surface area contributed by atoms with E-state index in [1.807, 2.05) is 211 Å². The Balaban J connectivity index is 0.000000110. The van der Waals surface area contributed by atoms with Crippen LogP contribution in [0.2, 0.25) is 0 Å². The summed E-state index contributed by atoms with van der Waals surface area (Å²) in [6, 6.07) is 163. The molecular formula is C129H80N9O2PS2. The highest BCUT2D eigenvalue weighted by Crippen LogP contribution is 2.50. The Bertz CT molecular complexity index is 9690. The SMILES string of the molecule is O=P(c1ccccc1)(c1ccccc1)c1cccc(-c2ccc(-c3nc4ccc5ccccc5c4c4sc5ccccc5c34)cc2)c1.c1ccc(-c2cc(-c3ccc(-c4ccc(-c5nc6ccc7ccccc7c6c6sc7ccccc7c56)cc4)cc3)cc(-c3ccccn3)n2)nc1.c1ccc(-c2nc(-c3ccccc3)nc(-c3ccc(-c4nc5ccc6ccccc6c5c5oc6ccccc6c45)cc3)n2)cc1. The fraction of sp³-hybridized carbons (Fsp3) is 0. The Hall–Kier alpha value is -18.1. The lowest BCUT2D eigenvalue weighted by Crippen LogP contribution is -2.25. The van der Waals surface area contributed by atoms with Crippen molar-refractivity contribution in [2.24, 2.45) is 0 Å². The first-order valence-electron chi connectivity index (χ1n) is 47.6. The Morgan fingerprint density at radius 2 is 0.545 bits per heavy atom. The molecule has 28 aromatic rings. The molecule has 0 N–H and O–H groups in total. The fourth-order valence-corrected chi connectivity index (χ4v) is 25.3. The summed E-state index contributed by atoms with van der Waals surface area (Å²) in [6.45, 7) is 0. The molecule has 143 heavy (non-hydrogen) atoms. The van der Waals surface area contributed by atoms with Crippen LogP contribution in [-0.2, 0) is 4.57 Å². The van der Waals surface area contributed by atoms with Crippen LogP contribution in [0.25, 0.3) is 251 Å². The molecule has 28 rings (SSSR count). The molecule has 0 aliphatic heterocycles. The van der Waals surface area contributed by atoms with Crippen LogP contribution < -0.4 is 15.9 Å². The molecule has 11 nitrogen and oxygen atoms in total. The summed E-state index contributed by atoms with van der Waals surface area (Å²) in [5.74, 6) is 1.89. The number of nitrogens with zero attached hydrogens (tertiary/aromatic N) is 9. The van der Waals surface area contributed by atoms with Crippen LogP contribution in [0.1, 0.15) is 0 Å². The summed E-state index contributed by atoms with van der Waals surface area (Å²) < 4.78 is 26.7. The molecule has 0 bridgehead atoms. The summed E-state index contributed by atoms with van der Waals surface area (Å²) in [5.41, 5.74) is 23.4. The number of thiophene rings is 2. The average molecular weight is 1880 g/mol. The normalized spacial score (nSPS) is 11.7.